The van der Waals surface area contributed by atoms with Crippen LogP contribution in [0.15, 0.2) is 42.5 Å². The molecule has 8 nitrogen and oxygen atoms in total. The maximum Gasteiger partial charge on any atom is 0.326 e. The third kappa shape index (κ3) is 3.73. The molecule has 3 rings (SSSR count). The van der Waals surface area contributed by atoms with Crippen molar-refractivity contribution in [3.63, 3.8) is 0 Å². The molecule has 8 heteroatoms. The van der Waals surface area contributed by atoms with E-state index in [1.54, 1.807) is 43.3 Å². The average molecular weight is 413 g/mol. The molecule has 1 heterocycles. The molecule has 1 atom stereocenters. The van der Waals surface area contributed by atoms with Crippen LogP contribution in [0.1, 0.15) is 29.3 Å². The fourth-order valence-corrected chi connectivity index (χ4v) is 3.53. The first-order chi connectivity index (χ1) is 14.3. The van der Waals surface area contributed by atoms with E-state index in [0.29, 0.717) is 17.2 Å². The Bertz CT molecular complexity index is 987. The second-order valence-electron chi connectivity index (χ2n) is 6.74. The van der Waals surface area contributed by atoms with E-state index in [-0.39, 0.29) is 24.3 Å². The number of hydrogen-bond donors (Lipinski definition) is 1. The van der Waals surface area contributed by atoms with E-state index < -0.39 is 29.7 Å². The van der Waals surface area contributed by atoms with Gasteiger partial charge in [-0.15, -0.1) is 0 Å². The minimum atomic E-state index is -2.12. The first-order valence-corrected chi connectivity index (χ1v) is 9.40. The molecule has 0 spiro atoms. The summed E-state index contributed by atoms with van der Waals surface area (Å²) in [5, 5.41) is 11.3. The predicted octanol–water partition coefficient (Wildman–Crippen LogP) is 2.07. The number of carbonyl (C=O) groups excluding carboxylic acids is 3. The summed E-state index contributed by atoms with van der Waals surface area (Å²) in [5.74, 6) is -1.13. The van der Waals surface area contributed by atoms with Crippen molar-refractivity contribution in [2.24, 2.45) is 0 Å². The fraction of sp³-hybridized carbons (Fsp3) is 0.318. The Morgan fingerprint density at radius 3 is 2.50 bits per heavy atom. The SMILES string of the molecule is CCOC(=O)CN1C(=O)[C@](O)(CC(=O)c2cc(OC)ccc2OC)c2ccccc21. The molecule has 0 radical (unpaired) electrons. The van der Waals surface area contributed by atoms with Gasteiger partial charge in [-0.1, -0.05) is 18.2 Å². The van der Waals surface area contributed by atoms with Gasteiger partial charge >= 0.3 is 5.97 Å². The molecule has 1 amide bonds. The van der Waals surface area contributed by atoms with Crippen molar-refractivity contribution < 1.29 is 33.7 Å². The Morgan fingerprint density at radius 2 is 1.83 bits per heavy atom. The van der Waals surface area contributed by atoms with Gasteiger partial charge in [-0.2, -0.15) is 0 Å². The van der Waals surface area contributed by atoms with E-state index in [1.165, 1.54) is 20.3 Å². The van der Waals surface area contributed by atoms with Gasteiger partial charge in [0.05, 0.1) is 38.5 Å². The number of amides is 1. The molecule has 30 heavy (non-hydrogen) atoms. The number of Topliss-reactive ketones (excluding diaryl/α,β-unsaturated/α-hetero) is 1. The number of aliphatic hydroxyl groups is 1. The normalized spacial score (nSPS) is 17.5. The van der Waals surface area contributed by atoms with Crippen LogP contribution in [0.3, 0.4) is 0 Å². The summed E-state index contributed by atoms with van der Waals surface area (Å²) in [6.45, 7) is 1.47. The highest BCUT2D eigenvalue weighted by molar-refractivity contribution is 6.12. The average Bonchev–Trinajstić information content (AvgIpc) is 2.95. The third-order valence-electron chi connectivity index (χ3n) is 4.96. The lowest BCUT2D eigenvalue weighted by Crippen LogP contribution is -2.44. The van der Waals surface area contributed by atoms with Crippen LogP contribution < -0.4 is 14.4 Å². The number of rotatable bonds is 8. The van der Waals surface area contributed by atoms with E-state index in [0.717, 1.165) is 4.90 Å². The molecule has 2 aromatic carbocycles. The van der Waals surface area contributed by atoms with Crippen molar-refractivity contribution in [2.75, 3.05) is 32.3 Å². The van der Waals surface area contributed by atoms with Crippen LogP contribution in [0.25, 0.3) is 0 Å². The Balaban J connectivity index is 1.96. The van der Waals surface area contributed by atoms with E-state index >= 15 is 0 Å². The monoisotopic (exact) mass is 413 g/mol. The number of fused-ring (bicyclic) bond motifs is 1. The molecule has 158 valence electrons. The van der Waals surface area contributed by atoms with Crippen molar-refractivity contribution in [3.05, 3.63) is 53.6 Å². The van der Waals surface area contributed by atoms with E-state index in [1.807, 2.05) is 0 Å². The van der Waals surface area contributed by atoms with Gasteiger partial charge in [0.2, 0.25) is 0 Å². The fourth-order valence-electron chi connectivity index (χ4n) is 3.53. The Hall–Kier alpha value is -3.39. The molecule has 0 aromatic heterocycles. The molecule has 0 unspecified atom stereocenters. The number of nitrogens with zero attached hydrogens (tertiary/aromatic N) is 1. The largest absolute Gasteiger partial charge is 0.497 e. The maximum atomic E-state index is 13.1. The van der Waals surface area contributed by atoms with Crippen molar-refractivity contribution in [1.29, 1.82) is 0 Å². The minimum absolute atomic E-state index is 0.168. The molecular formula is C22H23NO7. The highest BCUT2D eigenvalue weighted by Crippen LogP contribution is 2.43. The molecule has 0 aliphatic carbocycles. The lowest BCUT2D eigenvalue weighted by atomic mass is 9.88. The van der Waals surface area contributed by atoms with Crippen LogP contribution in [0.5, 0.6) is 11.5 Å². The Labute approximate surface area is 174 Å². The molecule has 1 aliphatic rings. The topological polar surface area (TPSA) is 102 Å². The van der Waals surface area contributed by atoms with Gasteiger partial charge in [-0.3, -0.25) is 19.3 Å². The number of methoxy groups -OCH3 is 2. The highest BCUT2D eigenvalue weighted by atomic mass is 16.5. The Kier molecular flexibility index (Phi) is 6.07. The number of carbonyl (C=O) groups is 3. The summed E-state index contributed by atoms with van der Waals surface area (Å²) in [6.07, 6.45) is -0.522. The van der Waals surface area contributed by atoms with Crippen LogP contribution in [0.2, 0.25) is 0 Å². The van der Waals surface area contributed by atoms with Crippen molar-refractivity contribution in [1.82, 2.24) is 0 Å². The molecule has 0 saturated carbocycles. The first-order valence-electron chi connectivity index (χ1n) is 9.40. The van der Waals surface area contributed by atoms with Gasteiger partial charge in [-0.05, 0) is 31.2 Å². The molecule has 1 aliphatic heterocycles. The molecule has 0 bridgehead atoms. The summed E-state index contributed by atoms with van der Waals surface area (Å²) < 4.78 is 15.3. The second-order valence-corrected chi connectivity index (χ2v) is 6.74. The van der Waals surface area contributed by atoms with Crippen LogP contribution in [-0.2, 0) is 19.9 Å². The number of benzene rings is 2. The number of ketones is 1. The van der Waals surface area contributed by atoms with Gasteiger partial charge in [0.15, 0.2) is 11.4 Å². The number of ether oxygens (including phenoxy) is 3. The van der Waals surface area contributed by atoms with Crippen molar-refractivity contribution in [2.45, 2.75) is 18.9 Å². The molecular weight excluding hydrogens is 390 g/mol. The van der Waals surface area contributed by atoms with Gasteiger partial charge in [-0.25, -0.2) is 0 Å². The maximum absolute atomic E-state index is 13.1. The second kappa shape index (κ2) is 8.54. The summed E-state index contributed by atoms with van der Waals surface area (Å²) in [4.78, 5) is 39.3. The predicted molar refractivity (Wildman–Crippen MR) is 108 cm³/mol. The van der Waals surface area contributed by atoms with Gasteiger partial charge in [0, 0.05) is 5.56 Å². The van der Waals surface area contributed by atoms with Crippen molar-refractivity contribution in [3.8, 4) is 11.5 Å². The summed E-state index contributed by atoms with van der Waals surface area (Å²) >= 11 is 0. The minimum Gasteiger partial charge on any atom is -0.497 e. The smallest absolute Gasteiger partial charge is 0.326 e. The molecule has 2 aromatic rings. The lowest BCUT2D eigenvalue weighted by Gasteiger charge is -2.22. The van der Waals surface area contributed by atoms with Crippen molar-refractivity contribution >= 4 is 23.3 Å². The standard InChI is InChI=1S/C22H23NO7/c1-4-30-20(25)13-23-17-8-6-5-7-16(17)22(27,21(23)26)12-18(24)15-11-14(28-2)9-10-19(15)29-3/h5-11,27H,4,12-13H2,1-3H3/t22-/m0/s1. The summed E-state index contributed by atoms with van der Waals surface area (Å²) in [6, 6.07) is 11.2. The third-order valence-corrected chi connectivity index (χ3v) is 4.96. The summed E-state index contributed by atoms with van der Waals surface area (Å²) in [7, 11) is 2.89. The van der Waals surface area contributed by atoms with E-state index in [9.17, 15) is 19.5 Å². The van der Waals surface area contributed by atoms with E-state index in [4.69, 9.17) is 14.2 Å². The van der Waals surface area contributed by atoms with Crippen LogP contribution in [-0.4, -0.2) is 50.1 Å². The zero-order valence-corrected chi connectivity index (χ0v) is 17.0. The van der Waals surface area contributed by atoms with E-state index in [2.05, 4.69) is 0 Å². The first kappa shape index (κ1) is 21.3. The lowest BCUT2D eigenvalue weighted by molar-refractivity contribution is -0.144. The molecule has 1 N–H and O–H groups in total. The number of esters is 1. The number of para-hydroxylation sites is 1. The van der Waals surface area contributed by atoms with Gasteiger partial charge in [0.1, 0.15) is 18.0 Å². The molecule has 0 saturated heterocycles. The quantitative estimate of drug-likeness (QED) is 0.522. The van der Waals surface area contributed by atoms with Gasteiger partial charge < -0.3 is 19.3 Å². The number of anilines is 1. The highest BCUT2D eigenvalue weighted by Gasteiger charge is 2.51. The zero-order valence-electron chi connectivity index (χ0n) is 17.0. The molecule has 0 fully saturated rings. The summed E-state index contributed by atoms with van der Waals surface area (Å²) in [5.41, 5.74) is -1.31. The Morgan fingerprint density at radius 1 is 1.10 bits per heavy atom. The zero-order chi connectivity index (χ0) is 21.9. The number of hydrogen-bond acceptors (Lipinski definition) is 7. The van der Waals surface area contributed by atoms with Crippen LogP contribution >= 0.6 is 0 Å². The van der Waals surface area contributed by atoms with Crippen LogP contribution in [0, 0.1) is 0 Å². The van der Waals surface area contributed by atoms with Crippen LogP contribution in [0.4, 0.5) is 5.69 Å². The van der Waals surface area contributed by atoms with Gasteiger partial charge in [0.25, 0.3) is 5.91 Å².